The molecule has 0 bridgehead atoms. The number of hydrogen-bond donors (Lipinski definition) is 2. The summed E-state index contributed by atoms with van der Waals surface area (Å²) in [5.41, 5.74) is 0.930. The molecule has 1 aromatic rings. The Labute approximate surface area is 198 Å². The van der Waals surface area contributed by atoms with Gasteiger partial charge >= 0.3 is 12.0 Å². The van der Waals surface area contributed by atoms with Crippen LogP contribution >= 0.6 is 0 Å². The Morgan fingerprint density at radius 2 is 1.82 bits per heavy atom. The van der Waals surface area contributed by atoms with Crippen LogP contribution in [0.5, 0.6) is 0 Å². The van der Waals surface area contributed by atoms with Gasteiger partial charge < -0.3 is 25.0 Å². The molecule has 1 aromatic carbocycles. The molecule has 0 radical (unpaired) electrons. The van der Waals surface area contributed by atoms with Crippen molar-refractivity contribution in [3.05, 3.63) is 24.3 Å². The molecule has 2 aliphatic heterocycles. The first-order valence-electron chi connectivity index (χ1n) is 12.0. The lowest BCUT2D eigenvalue weighted by atomic mass is 9.98. The van der Waals surface area contributed by atoms with Crippen molar-refractivity contribution in [2.24, 2.45) is 0 Å². The van der Waals surface area contributed by atoms with Crippen LogP contribution in [0.3, 0.4) is 0 Å². The molecule has 1 unspecified atom stereocenters. The topological polar surface area (TPSA) is 117 Å². The number of nitrogens with zero attached hydrogens (tertiary/aromatic N) is 2. The molecule has 2 heterocycles. The smallest absolute Gasteiger partial charge is 0.325 e. The summed E-state index contributed by atoms with van der Waals surface area (Å²) in [7, 11) is 0. The van der Waals surface area contributed by atoms with Gasteiger partial charge in [-0.05, 0) is 50.5 Å². The maximum Gasteiger partial charge on any atom is 0.325 e. The highest BCUT2D eigenvalue weighted by molar-refractivity contribution is 6.07. The number of morpholine rings is 1. The van der Waals surface area contributed by atoms with Crippen LogP contribution in [0.4, 0.5) is 16.2 Å². The number of esters is 1. The van der Waals surface area contributed by atoms with Crippen molar-refractivity contribution in [1.82, 2.24) is 10.2 Å². The highest BCUT2D eigenvalue weighted by Crippen LogP contribution is 2.35. The van der Waals surface area contributed by atoms with Crippen LogP contribution < -0.4 is 15.5 Å². The Hall–Kier alpha value is -3.14. The number of carbonyl (C=O) groups is 4. The molecule has 4 amide bonds. The number of nitrogens with one attached hydrogen (secondary N) is 2. The Bertz CT molecular complexity index is 922. The summed E-state index contributed by atoms with van der Waals surface area (Å²) in [6.07, 6.45) is 2.50. The molecule has 0 aromatic heterocycles. The predicted octanol–water partition coefficient (Wildman–Crippen LogP) is 2.04. The number of amides is 4. The van der Waals surface area contributed by atoms with Crippen molar-refractivity contribution in [2.45, 2.75) is 57.1 Å². The van der Waals surface area contributed by atoms with Crippen molar-refractivity contribution in [3.63, 3.8) is 0 Å². The number of benzene rings is 1. The SMILES string of the molecule is CC(OC(=O)CCCN1C(=O)NC2(CCCC2)C1=O)C(=O)Nc1ccc(N2CCOCC2)cc1. The van der Waals surface area contributed by atoms with E-state index >= 15 is 0 Å². The van der Waals surface area contributed by atoms with Gasteiger partial charge in [0.1, 0.15) is 5.54 Å². The van der Waals surface area contributed by atoms with Gasteiger partial charge in [0.15, 0.2) is 6.10 Å². The highest BCUT2D eigenvalue weighted by Gasteiger charge is 2.52. The molecule has 10 nitrogen and oxygen atoms in total. The van der Waals surface area contributed by atoms with Crippen molar-refractivity contribution in [1.29, 1.82) is 0 Å². The average Bonchev–Trinajstić information content (AvgIpc) is 3.40. The molecule has 2 saturated heterocycles. The summed E-state index contributed by atoms with van der Waals surface area (Å²) < 4.78 is 10.6. The van der Waals surface area contributed by atoms with E-state index in [2.05, 4.69) is 15.5 Å². The van der Waals surface area contributed by atoms with E-state index < -0.39 is 29.6 Å². The number of anilines is 2. The summed E-state index contributed by atoms with van der Waals surface area (Å²) in [5.74, 6) is -1.17. The molecular weight excluding hydrogens is 440 g/mol. The summed E-state index contributed by atoms with van der Waals surface area (Å²) in [6, 6.07) is 7.10. The van der Waals surface area contributed by atoms with Crippen molar-refractivity contribution in [3.8, 4) is 0 Å². The first kappa shape index (κ1) is 24.0. The second kappa shape index (κ2) is 10.4. The molecule has 34 heavy (non-hydrogen) atoms. The van der Waals surface area contributed by atoms with Gasteiger partial charge in [-0.3, -0.25) is 19.3 Å². The van der Waals surface area contributed by atoms with Crippen molar-refractivity contribution < 1.29 is 28.7 Å². The molecule has 3 aliphatic rings. The third kappa shape index (κ3) is 5.32. The minimum Gasteiger partial charge on any atom is -0.453 e. The monoisotopic (exact) mass is 472 g/mol. The van der Waals surface area contributed by atoms with E-state index in [0.29, 0.717) is 31.7 Å². The highest BCUT2D eigenvalue weighted by atomic mass is 16.5. The minimum atomic E-state index is -0.968. The van der Waals surface area contributed by atoms with E-state index in [-0.39, 0.29) is 25.3 Å². The minimum absolute atomic E-state index is 0.00985. The molecule has 4 rings (SSSR count). The second-order valence-electron chi connectivity index (χ2n) is 9.05. The second-order valence-corrected chi connectivity index (χ2v) is 9.05. The first-order chi connectivity index (χ1) is 16.4. The number of rotatable bonds is 8. The predicted molar refractivity (Wildman–Crippen MR) is 124 cm³/mol. The zero-order valence-corrected chi connectivity index (χ0v) is 19.5. The maximum absolute atomic E-state index is 12.6. The van der Waals surface area contributed by atoms with Gasteiger partial charge in [0.2, 0.25) is 0 Å². The van der Waals surface area contributed by atoms with Crippen molar-refractivity contribution >= 4 is 35.2 Å². The standard InChI is InChI=1S/C24H32N4O6/c1-17(21(30)25-18-6-8-19(9-7-18)27-13-15-33-16-14-27)34-20(29)5-4-12-28-22(31)24(26-23(28)32)10-2-3-11-24/h6-9,17H,2-5,10-16H2,1H3,(H,25,30)(H,26,32). The fraction of sp³-hybridized carbons (Fsp3) is 0.583. The van der Waals surface area contributed by atoms with E-state index in [1.807, 2.05) is 24.3 Å². The summed E-state index contributed by atoms with van der Waals surface area (Å²) in [5, 5.41) is 5.57. The van der Waals surface area contributed by atoms with Gasteiger partial charge in [0.05, 0.1) is 13.2 Å². The largest absolute Gasteiger partial charge is 0.453 e. The lowest BCUT2D eigenvalue weighted by Gasteiger charge is -2.28. The number of imide groups is 1. The molecule has 3 fully saturated rings. The third-order valence-electron chi connectivity index (χ3n) is 6.65. The van der Waals surface area contributed by atoms with Crippen molar-refractivity contribution in [2.75, 3.05) is 43.1 Å². The number of urea groups is 1. The number of ether oxygens (including phenoxy) is 2. The average molecular weight is 473 g/mol. The van der Waals surface area contributed by atoms with E-state index in [1.165, 1.54) is 11.8 Å². The zero-order chi connectivity index (χ0) is 24.1. The number of hydrogen-bond acceptors (Lipinski definition) is 7. The fourth-order valence-electron chi connectivity index (χ4n) is 4.71. The van der Waals surface area contributed by atoms with E-state index in [1.54, 1.807) is 0 Å². The molecule has 1 aliphatic carbocycles. The molecule has 2 N–H and O–H groups in total. The normalized spacial score (nSPS) is 20.4. The Morgan fingerprint density at radius 3 is 2.50 bits per heavy atom. The van der Waals surface area contributed by atoms with Crippen LogP contribution in [-0.2, 0) is 23.9 Å². The summed E-state index contributed by atoms with van der Waals surface area (Å²) >= 11 is 0. The van der Waals surface area contributed by atoms with Crippen LogP contribution in [0, 0.1) is 0 Å². The Morgan fingerprint density at radius 1 is 1.15 bits per heavy atom. The Kier molecular flexibility index (Phi) is 7.35. The van der Waals surface area contributed by atoms with E-state index in [9.17, 15) is 19.2 Å². The molecular formula is C24H32N4O6. The van der Waals surface area contributed by atoms with E-state index in [4.69, 9.17) is 9.47 Å². The van der Waals surface area contributed by atoms with Crippen LogP contribution in [-0.4, -0.2) is 73.2 Å². The van der Waals surface area contributed by atoms with Crippen LogP contribution in [0.15, 0.2) is 24.3 Å². The quantitative estimate of drug-likeness (QED) is 0.439. The summed E-state index contributed by atoms with van der Waals surface area (Å²) in [4.78, 5) is 52.8. The lowest BCUT2D eigenvalue weighted by Crippen LogP contribution is -2.44. The van der Waals surface area contributed by atoms with Crippen LogP contribution in [0.2, 0.25) is 0 Å². The maximum atomic E-state index is 12.6. The van der Waals surface area contributed by atoms with Gasteiger partial charge in [0, 0.05) is 37.4 Å². The van der Waals surface area contributed by atoms with Gasteiger partial charge in [0.25, 0.3) is 11.8 Å². The Balaban J connectivity index is 1.18. The molecule has 1 spiro atoms. The van der Waals surface area contributed by atoms with Gasteiger partial charge in [-0.2, -0.15) is 0 Å². The van der Waals surface area contributed by atoms with Crippen LogP contribution in [0.1, 0.15) is 45.4 Å². The van der Waals surface area contributed by atoms with Crippen LogP contribution in [0.25, 0.3) is 0 Å². The first-order valence-corrected chi connectivity index (χ1v) is 12.0. The fourth-order valence-corrected chi connectivity index (χ4v) is 4.71. The van der Waals surface area contributed by atoms with Gasteiger partial charge in [-0.15, -0.1) is 0 Å². The number of carbonyl (C=O) groups excluding carboxylic acids is 4. The third-order valence-corrected chi connectivity index (χ3v) is 6.65. The van der Waals surface area contributed by atoms with E-state index in [0.717, 1.165) is 31.6 Å². The summed E-state index contributed by atoms with van der Waals surface area (Å²) in [6.45, 7) is 4.72. The molecule has 184 valence electrons. The molecule has 1 atom stereocenters. The van der Waals surface area contributed by atoms with Gasteiger partial charge in [-0.25, -0.2) is 4.79 Å². The lowest BCUT2D eigenvalue weighted by molar-refractivity contribution is -0.153. The molecule has 10 heteroatoms. The molecule has 1 saturated carbocycles. The van der Waals surface area contributed by atoms with Gasteiger partial charge in [-0.1, -0.05) is 12.8 Å². The zero-order valence-electron chi connectivity index (χ0n) is 19.5.